The van der Waals surface area contributed by atoms with Crippen molar-refractivity contribution in [2.45, 2.75) is 38.6 Å². The van der Waals surface area contributed by atoms with E-state index < -0.39 is 12.2 Å². The first-order chi connectivity index (χ1) is 8.91. The van der Waals surface area contributed by atoms with Crippen molar-refractivity contribution >= 4 is 5.97 Å². The van der Waals surface area contributed by atoms with Crippen molar-refractivity contribution in [1.82, 2.24) is 0 Å². The number of hydrogen-bond acceptors (Lipinski definition) is 4. The number of carbonyl (C=O) groups is 1. The fourth-order valence-corrected chi connectivity index (χ4v) is 4.11. The molecule has 0 aromatic carbocycles. The predicted octanol–water partition coefficient (Wildman–Crippen LogP) is 1.04. The van der Waals surface area contributed by atoms with Crippen molar-refractivity contribution in [2.75, 3.05) is 0 Å². The monoisotopic (exact) mass is 264 g/mol. The van der Waals surface area contributed by atoms with E-state index >= 15 is 0 Å². The number of carbonyl (C=O) groups excluding carboxylic acids is 1. The van der Waals surface area contributed by atoms with Gasteiger partial charge in [-0.2, -0.15) is 0 Å². The minimum absolute atomic E-state index is 0.0430. The summed E-state index contributed by atoms with van der Waals surface area (Å²) in [5.41, 5.74) is 1.89. The average molecular weight is 264 g/mol. The fraction of sp³-hybridized carbons (Fsp3) is 0.667. The molecule has 0 spiro atoms. The molecule has 4 nitrogen and oxygen atoms in total. The molecule has 2 aliphatic carbocycles. The van der Waals surface area contributed by atoms with Gasteiger partial charge in [0.2, 0.25) is 0 Å². The molecule has 0 radical (unpaired) electrons. The Labute approximate surface area is 112 Å². The summed E-state index contributed by atoms with van der Waals surface area (Å²) in [6.07, 6.45) is 0.714. The van der Waals surface area contributed by atoms with Gasteiger partial charge in [-0.05, 0) is 13.3 Å². The average Bonchev–Trinajstić information content (AvgIpc) is 2.72. The number of ether oxygens (including phenoxy) is 1. The summed E-state index contributed by atoms with van der Waals surface area (Å²) in [5, 5.41) is 20.5. The number of aliphatic hydroxyl groups excluding tert-OH is 2. The summed E-state index contributed by atoms with van der Waals surface area (Å²) in [7, 11) is 0. The maximum atomic E-state index is 11.8. The van der Waals surface area contributed by atoms with Crippen molar-refractivity contribution < 1.29 is 19.7 Å². The van der Waals surface area contributed by atoms with Gasteiger partial charge in [0.25, 0.3) is 0 Å². The Morgan fingerprint density at radius 1 is 1.37 bits per heavy atom. The molecule has 4 heteroatoms. The summed E-state index contributed by atoms with van der Waals surface area (Å²) < 4.78 is 5.52. The number of fused-ring (bicyclic) bond motifs is 3. The van der Waals surface area contributed by atoms with Gasteiger partial charge < -0.3 is 14.9 Å². The maximum Gasteiger partial charge on any atom is 0.309 e. The molecule has 0 unspecified atom stereocenters. The zero-order valence-electron chi connectivity index (χ0n) is 11.2. The van der Waals surface area contributed by atoms with E-state index in [2.05, 4.69) is 6.58 Å². The van der Waals surface area contributed by atoms with E-state index in [-0.39, 0.29) is 35.7 Å². The molecule has 0 bridgehead atoms. The van der Waals surface area contributed by atoms with Gasteiger partial charge in [0.15, 0.2) is 0 Å². The lowest BCUT2D eigenvalue weighted by atomic mass is 9.78. The van der Waals surface area contributed by atoms with Crippen molar-refractivity contribution in [3.63, 3.8) is 0 Å². The van der Waals surface area contributed by atoms with Crippen LogP contribution in [0.4, 0.5) is 0 Å². The lowest BCUT2D eigenvalue weighted by Crippen LogP contribution is -2.36. The summed E-state index contributed by atoms with van der Waals surface area (Å²) in [5.74, 6) is -0.916. The third-order valence-electron chi connectivity index (χ3n) is 5.04. The number of rotatable bonds is 0. The molecule has 1 saturated carbocycles. The highest BCUT2D eigenvalue weighted by Gasteiger charge is 2.55. The molecular weight excluding hydrogens is 244 g/mol. The van der Waals surface area contributed by atoms with Gasteiger partial charge in [0.05, 0.1) is 18.1 Å². The van der Waals surface area contributed by atoms with Crippen LogP contribution >= 0.6 is 0 Å². The molecule has 104 valence electrons. The number of esters is 1. The quantitative estimate of drug-likeness (QED) is 0.507. The van der Waals surface area contributed by atoms with Crippen molar-refractivity contribution in [3.05, 3.63) is 23.8 Å². The van der Waals surface area contributed by atoms with Crippen LogP contribution in [0.15, 0.2) is 23.8 Å². The zero-order chi connectivity index (χ0) is 13.9. The maximum absolute atomic E-state index is 11.8. The highest BCUT2D eigenvalue weighted by atomic mass is 16.6. The van der Waals surface area contributed by atoms with E-state index in [0.717, 1.165) is 11.1 Å². The molecule has 3 aliphatic rings. The van der Waals surface area contributed by atoms with Gasteiger partial charge >= 0.3 is 5.97 Å². The van der Waals surface area contributed by atoms with Crippen LogP contribution in [0.3, 0.4) is 0 Å². The van der Waals surface area contributed by atoms with Crippen molar-refractivity contribution in [2.24, 2.45) is 23.7 Å². The van der Waals surface area contributed by atoms with Gasteiger partial charge in [0, 0.05) is 17.8 Å². The molecule has 1 heterocycles. The van der Waals surface area contributed by atoms with Crippen LogP contribution in [0.2, 0.25) is 0 Å². The highest BCUT2D eigenvalue weighted by molar-refractivity contribution is 5.75. The summed E-state index contributed by atoms with van der Waals surface area (Å²) in [6.45, 7) is 7.79. The van der Waals surface area contributed by atoms with Crippen LogP contribution in [-0.4, -0.2) is 34.5 Å². The Hall–Kier alpha value is -1.13. The largest absolute Gasteiger partial charge is 0.461 e. The second kappa shape index (κ2) is 4.18. The van der Waals surface area contributed by atoms with Crippen LogP contribution in [0.1, 0.15) is 20.3 Å². The first-order valence-electron chi connectivity index (χ1n) is 6.84. The Kier molecular flexibility index (Phi) is 2.84. The molecule has 1 aliphatic heterocycles. The van der Waals surface area contributed by atoms with Crippen molar-refractivity contribution in [3.8, 4) is 0 Å². The summed E-state index contributed by atoms with van der Waals surface area (Å²) in [6, 6.07) is 0. The standard InChI is InChI=1S/C15H20O4/c1-6-4-10(17)13-8(3)15(18)19-14(13)12-7(2)5-9(16)11(6)12/h5,8-14,16-17H,1,4H2,2-3H3/t8-,9+,10-,11-,12-,13+,14+/m0/s1. The Morgan fingerprint density at radius 3 is 2.74 bits per heavy atom. The molecule has 19 heavy (non-hydrogen) atoms. The smallest absolute Gasteiger partial charge is 0.309 e. The topological polar surface area (TPSA) is 66.8 Å². The molecule has 1 saturated heterocycles. The van der Waals surface area contributed by atoms with Gasteiger partial charge in [-0.3, -0.25) is 4.79 Å². The van der Waals surface area contributed by atoms with Crippen LogP contribution in [-0.2, 0) is 9.53 Å². The SMILES string of the molecule is C=C1C[C@H](O)[C@@H]2[C@H](OC(=O)[C@H]2C)[C@H]2C(C)=C[C@@H](O)[C@H]12. The Balaban J connectivity index is 2.04. The van der Waals surface area contributed by atoms with Crippen LogP contribution in [0.5, 0.6) is 0 Å². The first kappa shape index (κ1) is 12.9. The second-order valence-electron chi connectivity index (χ2n) is 6.15. The minimum Gasteiger partial charge on any atom is -0.461 e. The van der Waals surface area contributed by atoms with Crippen LogP contribution in [0, 0.1) is 23.7 Å². The lowest BCUT2D eigenvalue weighted by molar-refractivity contribution is -0.145. The third-order valence-corrected chi connectivity index (χ3v) is 5.04. The van der Waals surface area contributed by atoms with Gasteiger partial charge in [-0.25, -0.2) is 0 Å². The summed E-state index contributed by atoms with van der Waals surface area (Å²) >= 11 is 0. The molecule has 2 fully saturated rings. The molecular formula is C15H20O4. The highest BCUT2D eigenvalue weighted by Crippen LogP contribution is 2.50. The molecule has 0 amide bonds. The van der Waals surface area contributed by atoms with Gasteiger partial charge in [-0.1, -0.05) is 30.7 Å². The van der Waals surface area contributed by atoms with Crippen LogP contribution in [0.25, 0.3) is 0 Å². The zero-order valence-corrected chi connectivity index (χ0v) is 11.2. The Bertz CT molecular complexity index is 467. The lowest BCUT2D eigenvalue weighted by Gasteiger charge is -2.29. The molecule has 2 N–H and O–H groups in total. The van der Waals surface area contributed by atoms with E-state index in [1.54, 1.807) is 0 Å². The first-order valence-corrected chi connectivity index (χ1v) is 6.84. The van der Waals surface area contributed by atoms with E-state index in [1.165, 1.54) is 0 Å². The van der Waals surface area contributed by atoms with Gasteiger partial charge in [-0.15, -0.1) is 0 Å². The van der Waals surface area contributed by atoms with E-state index in [4.69, 9.17) is 4.74 Å². The molecule has 0 aromatic heterocycles. The second-order valence-corrected chi connectivity index (χ2v) is 6.15. The van der Waals surface area contributed by atoms with Crippen molar-refractivity contribution in [1.29, 1.82) is 0 Å². The van der Waals surface area contributed by atoms with E-state index in [9.17, 15) is 15.0 Å². The third kappa shape index (κ3) is 1.70. The van der Waals surface area contributed by atoms with E-state index in [0.29, 0.717) is 6.42 Å². The minimum atomic E-state index is -0.621. The number of hydrogen-bond donors (Lipinski definition) is 2. The normalized spacial score (nSPS) is 49.3. The molecule has 7 atom stereocenters. The Morgan fingerprint density at radius 2 is 2.05 bits per heavy atom. The van der Waals surface area contributed by atoms with Crippen LogP contribution < -0.4 is 0 Å². The summed E-state index contributed by atoms with van der Waals surface area (Å²) in [4.78, 5) is 11.8. The van der Waals surface area contributed by atoms with Gasteiger partial charge in [0.1, 0.15) is 6.10 Å². The van der Waals surface area contributed by atoms with E-state index in [1.807, 2.05) is 19.9 Å². The predicted molar refractivity (Wildman–Crippen MR) is 69.0 cm³/mol. The molecule has 0 aromatic rings. The molecule has 3 rings (SSSR count). The fourth-order valence-electron chi connectivity index (χ4n) is 4.11. The number of aliphatic hydroxyl groups is 2.